The first kappa shape index (κ1) is 24.3. The first-order chi connectivity index (χ1) is 15.2. The van der Waals surface area contributed by atoms with Crippen molar-refractivity contribution in [3.63, 3.8) is 0 Å². The number of fused-ring (bicyclic) bond motifs is 1. The van der Waals surface area contributed by atoms with Crippen LogP contribution in [0.1, 0.15) is 12.0 Å². The summed E-state index contributed by atoms with van der Waals surface area (Å²) in [6, 6.07) is 14.9. The molecule has 172 valence electrons. The summed E-state index contributed by atoms with van der Waals surface area (Å²) >= 11 is 0. The zero-order chi connectivity index (χ0) is 21.5. The fourth-order valence-electron chi connectivity index (χ4n) is 3.98. The molecule has 1 saturated heterocycles. The lowest BCUT2D eigenvalue weighted by atomic mass is 10.2. The van der Waals surface area contributed by atoms with Crippen LogP contribution in [0.4, 0.5) is 5.82 Å². The van der Waals surface area contributed by atoms with Crippen LogP contribution < -0.4 is 15.5 Å². The molecule has 32 heavy (non-hydrogen) atoms. The van der Waals surface area contributed by atoms with Gasteiger partial charge in [-0.3, -0.25) is 4.99 Å². The number of nitrogens with zero attached hydrogens (tertiary/aromatic N) is 5. The maximum atomic E-state index is 4.57. The number of anilines is 1. The summed E-state index contributed by atoms with van der Waals surface area (Å²) in [4.78, 5) is 13.7. The van der Waals surface area contributed by atoms with E-state index in [2.05, 4.69) is 90.7 Å². The van der Waals surface area contributed by atoms with E-state index in [1.807, 2.05) is 13.2 Å². The highest BCUT2D eigenvalue weighted by molar-refractivity contribution is 14.0. The van der Waals surface area contributed by atoms with E-state index in [4.69, 9.17) is 0 Å². The number of rotatable bonds is 7. The van der Waals surface area contributed by atoms with Gasteiger partial charge in [0, 0.05) is 70.8 Å². The number of aryl methyl sites for hydroxylation is 1. The van der Waals surface area contributed by atoms with Crippen molar-refractivity contribution < 1.29 is 0 Å². The standard InChI is InChI=1S/C24H33N7.HI/c1-25-24(27-10-5-12-30-13-9-21-6-3-4-7-22(21)30)28-19-20-8-11-26-23(18-20)31-16-14-29(2)15-17-31;/h3-4,6-9,11,13,18H,5,10,12,14-17,19H2,1-2H3,(H2,25,27,28);1H. The molecule has 1 aliphatic heterocycles. The number of halogens is 1. The van der Waals surface area contributed by atoms with Crippen LogP contribution >= 0.6 is 24.0 Å². The third kappa shape index (κ3) is 6.35. The molecule has 1 fully saturated rings. The lowest BCUT2D eigenvalue weighted by Gasteiger charge is -2.33. The number of pyridine rings is 1. The Kier molecular flexibility index (Phi) is 9.16. The van der Waals surface area contributed by atoms with Crippen LogP contribution in [0.25, 0.3) is 10.9 Å². The fourth-order valence-corrected chi connectivity index (χ4v) is 3.98. The van der Waals surface area contributed by atoms with E-state index < -0.39 is 0 Å². The van der Waals surface area contributed by atoms with E-state index in [0.717, 1.165) is 64.0 Å². The summed E-state index contributed by atoms with van der Waals surface area (Å²) in [6.45, 7) is 6.80. The van der Waals surface area contributed by atoms with Crippen molar-refractivity contribution in [2.45, 2.75) is 19.5 Å². The predicted octanol–water partition coefficient (Wildman–Crippen LogP) is 3.16. The molecule has 0 amide bonds. The molecular weight excluding hydrogens is 513 g/mol. The average Bonchev–Trinajstić information content (AvgIpc) is 3.22. The number of aliphatic imine (C=N–C) groups is 1. The fraction of sp³-hybridized carbons (Fsp3) is 0.417. The van der Waals surface area contributed by atoms with Gasteiger partial charge in [-0.05, 0) is 48.7 Å². The first-order valence-corrected chi connectivity index (χ1v) is 11.1. The van der Waals surface area contributed by atoms with Crippen LogP contribution in [0.15, 0.2) is 59.9 Å². The number of para-hydroxylation sites is 1. The van der Waals surface area contributed by atoms with Gasteiger partial charge in [-0.15, -0.1) is 24.0 Å². The highest BCUT2D eigenvalue weighted by Crippen LogP contribution is 2.16. The van der Waals surface area contributed by atoms with Crippen LogP contribution in [0.3, 0.4) is 0 Å². The number of piperazine rings is 1. The van der Waals surface area contributed by atoms with Crippen LogP contribution in [0.5, 0.6) is 0 Å². The molecule has 7 nitrogen and oxygen atoms in total. The molecule has 0 bridgehead atoms. The number of guanidine groups is 1. The van der Waals surface area contributed by atoms with Crippen molar-refractivity contribution in [3.8, 4) is 0 Å². The number of benzene rings is 1. The van der Waals surface area contributed by atoms with Crippen LogP contribution in [-0.4, -0.2) is 67.2 Å². The van der Waals surface area contributed by atoms with Gasteiger partial charge in [0.15, 0.2) is 5.96 Å². The summed E-state index contributed by atoms with van der Waals surface area (Å²) in [5, 5.41) is 8.14. The number of likely N-dealkylation sites (N-methyl/N-ethyl adjacent to an activating group) is 1. The van der Waals surface area contributed by atoms with Gasteiger partial charge in [0.25, 0.3) is 0 Å². The zero-order valence-corrected chi connectivity index (χ0v) is 21.3. The van der Waals surface area contributed by atoms with Gasteiger partial charge in [-0.25, -0.2) is 4.98 Å². The quantitative estimate of drug-likeness (QED) is 0.206. The molecule has 2 N–H and O–H groups in total. The molecule has 0 atom stereocenters. The number of hydrogen-bond donors (Lipinski definition) is 2. The van der Waals surface area contributed by atoms with E-state index >= 15 is 0 Å². The molecule has 8 heteroatoms. The second kappa shape index (κ2) is 12.1. The summed E-state index contributed by atoms with van der Waals surface area (Å²) in [7, 11) is 3.99. The number of nitrogens with one attached hydrogen (secondary N) is 2. The molecule has 0 saturated carbocycles. The molecule has 1 aliphatic rings. The Bertz CT molecular complexity index is 1010. The van der Waals surface area contributed by atoms with Crippen LogP contribution in [0, 0.1) is 0 Å². The largest absolute Gasteiger partial charge is 0.356 e. The third-order valence-corrected chi connectivity index (χ3v) is 5.87. The van der Waals surface area contributed by atoms with Crippen LogP contribution in [-0.2, 0) is 13.1 Å². The number of hydrogen-bond acceptors (Lipinski definition) is 4. The Hall–Kier alpha value is -2.33. The number of aromatic nitrogens is 2. The van der Waals surface area contributed by atoms with Gasteiger partial charge >= 0.3 is 0 Å². The van der Waals surface area contributed by atoms with Crippen molar-refractivity contribution in [2.24, 2.45) is 4.99 Å². The Morgan fingerprint density at radius 2 is 1.88 bits per heavy atom. The van der Waals surface area contributed by atoms with Crippen molar-refractivity contribution >= 4 is 46.7 Å². The highest BCUT2D eigenvalue weighted by Gasteiger charge is 2.15. The van der Waals surface area contributed by atoms with Gasteiger partial charge in [0.05, 0.1) is 0 Å². The lowest BCUT2D eigenvalue weighted by Crippen LogP contribution is -2.44. The molecular formula is C24H34IN7. The minimum absolute atomic E-state index is 0. The minimum atomic E-state index is 0. The Balaban J connectivity index is 0.00000289. The maximum Gasteiger partial charge on any atom is 0.191 e. The Labute approximate surface area is 207 Å². The SMILES string of the molecule is CN=C(NCCCn1ccc2ccccc21)NCc1ccnc(N2CCN(C)CC2)c1.I. The molecule has 0 spiro atoms. The molecule has 4 rings (SSSR count). The Morgan fingerprint density at radius 1 is 1.06 bits per heavy atom. The lowest BCUT2D eigenvalue weighted by molar-refractivity contribution is 0.312. The van der Waals surface area contributed by atoms with Gasteiger partial charge in [0.1, 0.15) is 5.82 Å². The topological polar surface area (TPSA) is 60.7 Å². The average molecular weight is 547 g/mol. The molecule has 2 aromatic heterocycles. The monoisotopic (exact) mass is 547 g/mol. The van der Waals surface area contributed by atoms with Gasteiger partial charge in [-0.1, -0.05) is 18.2 Å². The van der Waals surface area contributed by atoms with Crippen molar-refractivity contribution in [1.29, 1.82) is 0 Å². The Morgan fingerprint density at radius 3 is 2.69 bits per heavy atom. The van der Waals surface area contributed by atoms with Crippen molar-refractivity contribution in [2.75, 3.05) is 51.7 Å². The molecule has 3 heterocycles. The summed E-state index contributed by atoms with van der Waals surface area (Å²) < 4.78 is 2.31. The molecule has 0 unspecified atom stereocenters. The molecule has 3 aromatic rings. The second-order valence-corrected chi connectivity index (χ2v) is 8.09. The summed E-state index contributed by atoms with van der Waals surface area (Å²) in [5.74, 6) is 1.89. The van der Waals surface area contributed by atoms with Crippen LogP contribution in [0.2, 0.25) is 0 Å². The van der Waals surface area contributed by atoms with E-state index in [0.29, 0.717) is 0 Å². The van der Waals surface area contributed by atoms with E-state index in [1.54, 1.807) is 0 Å². The highest BCUT2D eigenvalue weighted by atomic mass is 127. The molecule has 0 radical (unpaired) electrons. The molecule has 0 aliphatic carbocycles. The van der Waals surface area contributed by atoms with Gasteiger partial charge in [0.2, 0.25) is 0 Å². The molecule has 1 aromatic carbocycles. The first-order valence-electron chi connectivity index (χ1n) is 11.1. The van der Waals surface area contributed by atoms with Crippen molar-refractivity contribution in [1.82, 2.24) is 25.1 Å². The van der Waals surface area contributed by atoms with Gasteiger partial charge in [-0.2, -0.15) is 0 Å². The minimum Gasteiger partial charge on any atom is -0.356 e. The van der Waals surface area contributed by atoms with E-state index in [9.17, 15) is 0 Å². The predicted molar refractivity (Wildman–Crippen MR) is 144 cm³/mol. The normalized spacial score (nSPS) is 14.9. The maximum absolute atomic E-state index is 4.57. The zero-order valence-electron chi connectivity index (χ0n) is 19.0. The van der Waals surface area contributed by atoms with E-state index in [1.165, 1.54) is 16.5 Å². The third-order valence-electron chi connectivity index (χ3n) is 5.87. The van der Waals surface area contributed by atoms with E-state index in [-0.39, 0.29) is 24.0 Å². The summed E-state index contributed by atoms with van der Waals surface area (Å²) in [5.41, 5.74) is 2.50. The second-order valence-electron chi connectivity index (χ2n) is 8.09. The van der Waals surface area contributed by atoms with Crippen molar-refractivity contribution in [3.05, 3.63) is 60.4 Å². The van der Waals surface area contributed by atoms with Gasteiger partial charge < -0.3 is 25.0 Å². The smallest absolute Gasteiger partial charge is 0.191 e. The summed E-state index contributed by atoms with van der Waals surface area (Å²) in [6.07, 6.45) is 5.10.